The van der Waals surface area contributed by atoms with Crippen LogP contribution in [0.4, 0.5) is 9.59 Å². The van der Waals surface area contributed by atoms with Gasteiger partial charge in [-0.3, -0.25) is 4.90 Å². The fraction of sp³-hybridized carbons (Fsp3) is 0.467. The van der Waals surface area contributed by atoms with Crippen molar-refractivity contribution in [2.75, 3.05) is 7.05 Å². The van der Waals surface area contributed by atoms with Crippen LogP contribution in [0.15, 0.2) is 60.7 Å². The Bertz CT molecular complexity index is 1040. The number of hydrogen-bond acceptors (Lipinski definition) is 6. The molecule has 2 aromatic rings. The summed E-state index contributed by atoms with van der Waals surface area (Å²) in [7, 11) is 1.45. The molecule has 0 aliphatic heterocycles. The predicted octanol–water partition coefficient (Wildman–Crippen LogP) is 6.05. The van der Waals surface area contributed by atoms with Crippen LogP contribution in [0.5, 0.6) is 0 Å². The number of nitrogens with zero attached hydrogens (tertiary/aromatic N) is 1. The maximum atomic E-state index is 11.9. The molecule has 0 aromatic heterocycles. The molecule has 0 heterocycles. The molecule has 0 spiro atoms. The van der Waals surface area contributed by atoms with Crippen molar-refractivity contribution in [3.63, 3.8) is 0 Å². The van der Waals surface area contributed by atoms with Crippen molar-refractivity contribution in [1.29, 1.82) is 0 Å². The second kappa shape index (κ2) is 19.1. The number of carboxylic acid groups (broad SMARTS) is 2. The molecule has 0 aliphatic rings. The van der Waals surface area contributed by atoms with Gasteiger partial charge in [-0.05, 0) is 35.8 Å². The van der Waals surface area contributed by atoms with E-state index in [2.05, 4.69) is 5.32 Å². The number of nitrogens with one attached hydrogen (secondary N) is 1. The summed E-state index contributed by atoms with van der Waals surface area (Å²) in [5.74, 6) is -1.71. The molecule has 10 nitrogen and oxygen atoms in total. The second-order valence-corrected chi connectivity index (χ2v) is 9.86. The van der Waals surface area contributed by atoms with Crippen LogP contribution in [0.1, 0.15) is 60.5 Å². The molecule has 2 rings (SSSR count). The summed E-state index contributed by atoms with van der Waals surface area (Å²) in [4.78, 5) is 46.7. The van der Waals surface area contributed by atoms with Crippen LogP contribution in [-0.4, -0.2) is 58.4 Å². The van der Waals surface area contributed by atoms with E-state index in [0.717, 1.165) is 16.0 Å². The molecule has 0 unspecified atom stereocenters. The number of amides is 2. The van der Waals surface area contributed by atoms with Gasteiger partial charge in [-0.2, -0.15) is 0 Å². The van der Waals surface area contributed by atoms with E-state index in [1.165, 1.54) is 7.05 Å². The highest BCUT2D eigenvalue weighted by Crippen LogP contribution is 2.13. The average Bonchev–Trinajstić information content (AvgIpc) is 2.89. The molecular weight excluding hydrogens is 516 g/mol. The number of alkyl carbamates (subject to hydrolysis) is 1. The van der Waals surface area contributed by atoms with Gasteiger partial charge in [0, 0.05) is 8.47 Å². The van der Waals surface area contributed by atoms with Crippen LogP contribution in [0.2, 0.25) is 0 Å². The molecule has 3 N–H and O–H groups in total. The van der Waals surface area contributed by atoms with Crippen molar-refractivity contribution in [1.82, 2.24) is 10.2 Å². The molecule has 40 heavy (non-hydrogen) atoms. The zero-order chi connectivity index (χ0) is 29.4. The minimum atomic E-state index is -1.05. The van der Waals surface area contributed by atoms with Gasteiger partial charge in [0.1, 0.15) is 25.3 Å². The average molecular weight is 563 g/mol. The van der Waals surface area contributed by atoms with E-state index in [1.54, 1.807) is 0 Å². The van der Waals surface area contributed by atoms with Crippen molar-refractivity contribution >= 4 is 24.1 Å². The fourth-order valence-electron chi connectivity index (χ4n) is 3.42. The van der Waals surface area contributed by atoms with Crippen molar-refractivity contribution in [3.8, 4) is 0 Å². The third-order valence-electron chi connectivity index (χ3n) is 5.45. The van der Waals surface area contributed by atoms with Crippen molar-refractivity contribution in [2.45, 2.75) is 73.3 Å². The van der Waals surface area contributed by atoms with E-state index in [0.29, 0.717) is 12.8 Å². The number of carbonyl (C=O) groups excluding carboxylic acids is 2. The molecule has 0 saturated carbocycles. The zero-order valence-electron chi connectivity index (χ0n) is 23.2. The zero-order valence-corrected chi connectivity index (χ0v) is 23.2. The van der Waals surface area contributed by atoms with E-state index in [-0.39, 0.29) is 33.9 Å². The van der Waals surface area contributed by atoms with E-state index < -0.39 is 36.2 Å². The molecule has 0 bridgehead atoms. The lowest BCUT2D eigenvalue weighted by Gasteiger charge is -2.25. The number of hydrogen-bond donors (Lipinski definition) is 3. The van der Waals surface area contributed by atoms with E-state index in [1.807, 2.05) is 88.4 Å². The smallest absolute Gasteiger partial charge is 0.410 e. The maximum Gasteiger partial charge on any atom is 0.410 e. The monoisotopic (exact) mass is 562 g/mol. The molecule has 0 saturated heterocycles. The first-order valence-corrected chi connectivity index (χ1v) is 12.8. The Morgan fingerprint density at radius 3 is 1.62 bits per heavy atom. The summed E-state index contributed by atoms with van der Waals surface area (Å²) in [6, 6.07) is 16.7. The standard InChI is InChI=1S/C15H21NO4.C14H19NO4.CH4.H2/c1-11(2)9-13(14(17)18)16(3)15(19)20-10-12-7-5-4-6-8-12;1-10(2)8-12(13(16)17)15-14(18)19-9-11-6-4-3-5-7-11;;/h4-8,11,13H,9-10H2,1-3H3,(H,17,18);3-7,10,12H,8-9H2,1-2H3,(H,15,18)(H,16,17);1H4;1H/t13-;12-;;/m11../s1. The van der Waals surface area contributed by atoms with Crippen LogP contribution in [0, 0.1) is 11.8 Å². The summed E-state index contributed by atoms with van der Waals surface area (Å²) in [6.07, 6.45) is -0.569. The predicted molar refractivity (Wildman–Crippen MR) is 155 cm³/mol. The third kappa shape index (κ3) is 14.8. The first-order chi connectivity index (χ1) is 18.4. The number of aliphatic carboxylic acids is 2. The molecule has 0 fully saturated rings. The van der Waals surface area contributed by atoms with Crippen LogP contribution in [-0.2, 0) is 32.3 Å². The largest absolute Gasteiger partial charge is 0.480 e. The summed E-state index contributed by atoms with van der Waals surface area (Å²) in [5.41, 5.74) is 1.72. The highest BCUT2D eigenvalue weighted by atomic mass is 16.6. The SMILES string of the molecule is C.CC(C)C[C@@H](NC(=O)OCc1ccccc1)C(=O)O.CC(C)C[C@H](C(=O)O)N(C)C(=O)OCc1ccccc1.[HH]. The number of rotatable bonds is 12. The molecular formula is C30H46N2O8. The Morgan fingerprint density at radius 1 is 0.775 bits per heavy atom. The van der Waals surface area contributed by atoms with Crippen molar-refractivity contribution in [3.05, 3.63) is 71.8 Å². The van der Waals surface area contributed by atoms with Gasteiger partial charge >= 0.3 is 24.1 Å². The Morgan fingerprint density at radius 2 is 1.23 bits per heavy atom. The minimum absolute atomic E-state index is 0. The Balaban J connectivity index is 0. The fourth-order valence-corrected chi connectivity index (χ4v) is 3.42. The molecule has 0 radical (unpaired) electrons. The minimum Gasteiger partial charge on any atom is -0.480 e. The first kappa shape index (κ1) is 35.9. The van der Waals surface area contributed by atoms with Crippen LogP contribution >= 0.6 is 0 Å². The molecule has 2 aromatic carbocycles. The second-order valence-electron chi connectivity index (χ2n) is 9.86. The quantitative estimate of drug-likeness (QED) is 0.284. The van der Waals surface area contributed by atoms with Gasteiger partial charge in [-0.1, -0.05) is 95.8 Å². The topological polar surface area (TPSA) is 142 Å². The Labute approximate surface area is 238 Å². The van der Waals surface area contributed by atoms with Crippen LogP contribution in [0.25, 0.3) is 0 Å². The summed E-state index contributed by atoms with van der Waals surface area (Å²) in [6.45, 7) is 7.89. The van der Waals surface area contributed by atoms with Crippen LogP contribution < -0.4 is 5.32 Å². The Kier molecular flexibility index (Phi) is 17.1. The summed E-state index contributed by atoms with van der Waals surface area (Å²) < 4.78 is 10.1. The number of carbonyl (C=O) groups is 4. The van der Waals surface area contributed by atoms with Gasteiger partial charge in [0.25, 0.3) is 0 Å². The number of carboxylic acids is 2. The lowest BCUT2D eigenvalue weighted by atomic mass is 10.0. The van der Waals surface area contributed by atoms with E-state index in [9.17, 15) is 24.3 Å². The first-order valence-electron chi connectivity index (χ1n) is 12.8. The molecule has 2 atom stereocenters. The van der Waals surface area contributed by atoms with Gasteiger partial charge in [0.05, 0.1) is 0 Å². The Hall–Kier alpha value is -4.08. The van der Waals surface area contributed by atoms with E-state index in [4.69, 9.17) is 14.6 Å². The highest BCUT2D eigenvalue weighted by Gasteiger charge is 2.28. The van der Waals surface area contributed by atoms with Gasteiger partial charge in [-0.25, -0.2) is 19.2 Å². The van der Waals surface area contributed by atoms with E-state index >= 15 is 0 Å². The highest BCUT2D eigenvalue weighted by molar-refractivity contribution is 5.80. The van der Waals surface area contributed by atoms with Gasteiger partial charge in [0.15, 0.2) is 0 Å². The molecule has 10 heteroatoms. The number of ether oxygens (including phenoxy) is 2. The lowest BCUT2D eigenvalue weighted by Crippen LogP contribution is -2.43. The number of likely N-dealkylation sites (N-methyl/N-ethyl adjacent to an activating group) is 1. The molecule has 0 aliphatic carbocycles. The molecule has 224 valence electrons. The van der Waals surface area contributed by atoms with Crippen molar-refractivity contribution in [2.24, 2.45) is 11.8 Å². The van der Waals surface area contributed by atoms with Gasteiger partial charge in [-0.15, -0.1) is 0 Å². The maximum absolute atomic E-state index is 11.9. The summed E-state index contributed by atoms with van der Waals surface area (Å²) in [5, 5.41) is 20.5. The molecule has 2 amide bonds. The van der Waals surface area contributed by atoms with Crippen molar-refractivity contribution < 1.29 is 40.3 Å². The third-order valence-corrected chi connectivity index (χ3v) is 5.45. The van der Waals surface area contributed by atoms with Crippen LogP contribution in [0.3, 0.4) is 0 Å². The summed E-state index contributed by atoms with van der Waals surface area (Å²) >= 11 is 0. The number of benzene rings is 2. The normalized spacial score (nSPS) is 11.7. The van der Waals surface area contributed by atoms with Gasteiger partial charge in [0.2, 0.25) is 0 Å². The lowest BCUT2D eigenvalue weighted by molar-refractivity contribution is -0.143. The van der Waals surface area contributed by atoms with Gasteiger partial charge < -0.3 is 25.0 Å².